The van der Waals surface area contributed by atoms with Crippen molar-refractivity contribution in [3.05, 3.63) is 52.4 Å². The van der Waals surface area contributed by atoms with Crippen LogP contribution in [0.15, 0.2) is 30.5 Å². The lowest BCUT2D eigenvalue weighted by molar-refractivity contribution is -0.137. The van der Waals surface area contributed by atoms with E-state index in [1.165, 1.54) is 6.07 Å². The van der Waals surface area contributed by atoms with E-state index < -0.39 is 11.7 Å². The second-order valence-electron chi connectivity index (χ2n) is 5.23. The van der Waals surface area contributed by atoms with Crippen molar-refractivity contribution < 1.29 is 13.2 Å². The van der Waals surface area contributed by atoms with Crippen LogP contribution in [0.5, 0.6) is 0 Å². The van der Waals surface area contributed by atoms with Crippen LogP contribution in [-0.4, -0.2) is 14.5 Å². The number of pyridine rings is 1. The highest BCUT2D eigenvalue weighted by atomic mass is 35.5. The summed E-state index contributed by atoms with van der Waals surface area (Å²) in [4.78, 5) is 8.65. The molecule has 23 heavy (non-hydrogen) atoms. The zero-order valence-electron chi connectivity index (χ0n) is 12.4. The molecule has 3 nitrogen and oxygen atoms in total. The van der Waals surface area contributed by atoms with Crippen LogP contribution in [0.2, 0.25) is 5.02 Å². The van der Waals surface area contributed by atoms with Gasteiger partial charge in [-0.1, -0.05) is 24.6 Å². The van der Waals surface area contributed by atoms with Gasteiger partial charge in [-0.3, -0.25) is 4.57 Å². The van der Waals surface area contributed by atoms with Crippen molar-refractivity contribution in [3.8, 4) is 5.82 Å². The molecule has 120 valence electrons. The molecule has 0 radical (unpaired) electrons. The summed E-state index contributed by atoms with van der Waals surface area (Å²) in [6.07, 6.45) is -2.25. The quantitative estimate of drug-likeness (QED) is 0.660. The van der Waals surface area contributed by atoms with E-state index in [1.807, 2.05) is 19.9 Å². The Bertz CT molecular complexity index is 867. The van der Waals surface area contributed by atoms with Crippen molar-refractivity contribution in [2.75, 3.05) is 0 Å². The average Bonchev–Trinajstić information content (AvgIpc) is 2.84. The maximum absolute atomic E-state index is 13.0. The standard InChI is InChI=1S/C16H13ClF3N3/c1-3-14-22-12-6-10(16(18,19)20)11(17)7-13(12)23(14)15-5-4-9(2)8-21-15/h4-8H,3H2,1-2H3. The van der Waals surface area contributed by atoms with E-state index in [9.17, 15) is 13.2 Å². The van der Waals surface area contributed by atoms with Crippen LogP contribution in [-0.2, 0) is 12.6 Å². The van der Waals surface area contributed by atoms with E-state index >= 15 is 0 Å². The number of alkyl halides is 3. The summed E-state index contributed by atoms with van der Waals surface area (Å²) in [5, 5.41) is -0.346. The monoisotopic (exact) mass is 339 g/mol. The SMILES string of the molecule is CCc1nc2cc(C(F)(F)F)c(Cl)cc2n1-c1ccc(C)cn1. The first-order chi connectivity index (χ1) is 10.8. The van der Waals surface area contributed by atoms with E-state index in [2.05, 4.69) is 9.97 Å². The predicted octanol–water partition coefficient (Wildman–Crippen LogP) is 4.96. The molecule has 0 bridgehead atoms. The van der Waals surface area contributed by atoms with Gasteiger partial charge in [-0.15, -0.1) is 0 Å². The zero-order chi connectivity index (χ0) is 16.8. The van der Waals surface area contributed by atoms with Crippen LogP contribution in [0.3, 0.4) is 0 Å². The summed E-state index contributed by atoms with van der Waals surface area (Å²) in [5.41, 5.74) is 0.876. The smallest absolute Gasteiger partial charge is 0.280 e. The summed E-state index contributed by atoms with van der Waals surface area (Å²) in [7, 11) is 0. The molecule has 0 spiro atoms. The summed E-state index contributed by atoms with van der Waals surface area (Å²) in [6.45, 7) is 3.80. The Morgan fingerprint density at radius 1 is 1.22 bits per heavy atom. The molecular weight excluding hydrogens is 327 g/mol. The minimum absolute atomic E-state index is 0.251. The molecule has 7 heteroatoms. The first kappa shape index (κ1) is 15.8. The topological polar surface area (TPSA) is 30.7 Å². The lowest BCUT2D eigenvalue weighted by atomic mass is 10.2. The van der Waals surface area contributed by atoms with Gasteiger partial charge in [0.2, 0.25) is 0 Å². The van der Waals surface area contributed by atoms with Crippen molar-refractivity contribution in [3.63, 3.8) is 0 Å². The second-order valence-corrected chi connectivity index (χ2v) is 5.64. The van der Waals surface area contributed by atoms with E-state index in [4.69, 9.17) is 11.6 Å². The van der Waals surface area contributed by atoms with Gasteiger partial charge in [-0.05, 0) is 30.7 Å². The Morgan fingerprint density at radius 3 is 2.52 bits per heavy atom. The van der Waals surface area contributed by atoms with Crippen LogP contribution in [0.1, 0.15) is 23.9 Å². The van der Waals surface area contributed by atoms with Crippen molar-refractivity contribution >= 4 is 22.6 Å². The third kappa shape index (κ3) is 2.79. The number of hydrogen-bond donors (Lipinski definition) is 0. The van der Waals surface area contributed by atoms with E-state index in [0.29, 0.717) is 23.6 Å². The molecule has 0 amide bonds. The molecule has 0 aliphatic heterocycles. The van der Waals surface area contributed by atoms with Gasteiger partial charge in [0.1, 0.15) is 11.6 Å². The molecule has 2 aromatic heterocycles. The molecule has 0 saturated carbocycles. The fourth-order valence-electron chi connectivity index (χ4n) is 2.45. The molecule has 0 saturated heterocycles. The zero-order valence-corrected chi connectivity index (χ0v) is 13.2. The summed E-state index contributed by atoms with van der Waals surface area (Å²) in [5.74, 6) is 1.23. The van der Waals surface area contributed by atoms with Gasteiger partial charge in [0.15, 0.2) is 0 Å². The Labute approximate surface area is 135 Å². The average molecular weight is 340 g/mol. The number of aryl methyl sites for hydroxylation is 2. The summed E-state index contributed by atoms with van der Waals surface area (Å²) in [6, 6.07) is 5.98. The number of hydrogen-bond acceptors (Lipinski definition) is 2. The molecule has 0 unspecified atom stereocenters. The maximum Gasteiger partial charge on any atom is 0.417 e. The molecule has 0 atom stereocenters. The fraction of sp³-hybridized carbons (Fsp3) is 0.250. The Kier molecular flexibility index (Phi) is 3.80. The van der Waals surface area contributed by atoms with Crippen LogP contribution in [0, 0.1) is 6.92 Å². The molecule has 3 rings (SSSR count). The molecule has 3 aromatic rings. The molecule has 0 aliphatic carbocycles. The van der Waals surface area contributed by atoms with E-state index in [1.54, 1.807) is 16.8 Å². The molecule has 2 heterocycles. The third-order valence-corrected chi connectivity index (χ3v) is 3.87. The third-order valence-electron chi connectivity index (χ3n) is 3.56. The highest BCUT2D eigenvalue weighted by molar-refractivity contribution is 6.32. The number of imidazole rings is 1. The van der Waals surface area contributed by atoms with Crippen LogP contribution in [0.4, 0.5) is 13.2 Å². The van der Waals surface area contributed by atoms with Gasteiger partial charge in [-0.2, -0.15) is 13.2 Å². The van der Waals surface area contributed by atoms with Gasteiger partial charge in [0.05, 0.1) is 21.6 Å². The summed E-state index contributed by atoms with van der Waals surface area (Å²) >= 11 is 5.84. The highest BCUT2D eigenvalue weighted by Crippen LogP contribution is 2.37. The molecule has 0 N–H and O–H groups in total. The molecule has 1 aromatic carbocycles. The first-order valence-corrected chi connectivity index (χ1v) is 7.40. The van der Waals surface area contributed by atoms with Crippen LogP contribution < -0.4 is 0 Å². The Hall–Kier alpha value is -2.08. The molecule has 0 aliphatic rings. The minimum Gasteiger partial charge on any atom is -0.280 e. The highest BCUT2D eigenvalue weighted by Gasteiger charge is 2.34. The molecule has 0 fully saturated rings. The van der Waals surface area contributed by atoms with Gasteiger partial charge >= 0.3 is 6.18 Å². The van der Waals surface area contributed by atoms with Crippen molar-refractivity contribution in [1.82, 2.24) is 14.5 Å². The van der Waals surface area contributed by atoms with Gasteiger partial charge < -0.3 is 0 Å². The van der Waals surface area contributed by atoms with E-state index in [0.717, 1.165) is 11.6 Å². The Balaban J connectivity index is 2.29. The van der Waals surface area contributed by atoms with Crippen molar-refractivity contribution in [2.24, 2.45) is 0 Å². The number of nitrogens with zero attached hydrogens (tertiary/aromatic N) is 3. The maximum atomic E-state index is 13.0. The van der Waals surface area contributed by atoms with Crippen LogP contribution >= 0.6 is 11.6 Å². The lowest BCUT2D eigenvalue weighted by Crippen LogP contribution is -2.06. The van der Waals surface area contributed by atoms with Gasteiger partial charge in [-0.25, -0.2) is 9.97 Å². The number of benzene rings is 1. The number of aromatic nitrogens is 3. The number of fused-ring (bicyclic) bond motifs is 1. The molecular formula is C16H13ClF3N3. The van der Waals surface area contributed by atoms with Crippen molar-refractivity contribution in [1.29, 1.82) is 0 Å². The predicted molar refractivity (Wildman–Crippen MR) is 83.0 cm³/mol. The minimum atomic E-state index is -4.51. The largest absolute Gasteiger partial charge is 0.417 e. The van der Waals surface area contributed by atoms with Gasteiger partial charge in [0, 0.05) is 12.6 Å². The van der Waals surface area contributed by atoms with Gasteiger partial charge in [0.25, 0.3) is 0 Å². The van der Waals surface area contributed by atoms with Crippen LogP contribution in [0.25, 0.3) is 16.9 Å². The summed E-state index contributed by atoms with van der Waals surface area (Å²) < 4.78 is 40.7. The van der Waals surface area contributed by atoms with E-state index in [-0.39, 0.29) is 10.5 Å². The number of halogens is 4. The fourth-order valence-corrected chi connectivity index (χ4v) is 2.72. The lowest BCUT2D eigenvalue weighted by Gasteiger charge is -2.10. The van der Waals surface area contributed by atoms with Crippen molar-refractivity contribution in [2.45, 2.75) is 26.4 Å². The normalized spacial score (nSPS) is 12.1. The number of rotatable bonds is 2. The first-order valence-electron chi connectivity index (χ1n) is 7.02. The second kappa shape index (κ2) is 5.53. The Morgan fingerprint density at radius 2 is 1.96 bits per heavy atom.